The Labute approximate surface area is 117 Å². The molecule has 1 N–H and O–H groups in total. The average molecular weight is 264 g/mol. The second-order valence-corrected chi connectivity index (χ2v) is 5.40. The molecule has 0 spiro atoms. The molecule has 0 saturated carbocycles. The first-order chi connectivity index (χ1) is 9.12. The van der Waals surface area contributed by atoms with Crippen molar-refractivity contribution in [1.82, 2.24) is 0 Å². The van der Waals surface area contributed by atoms with Crippen LogP contribution >= 0.6 is 0 Å². The fourth-order valence-electron chi connectivity index (χ4n) is 2.08. The van der Waals surface area contributed by atoms with Gasteiger partial charge in [-0.3, -0.25) is 0 Å². The molecule has 0 heterocycles. The Morgan fingerprint density at radius 3 is 2.37 bits per heavy atom. The van der Waals surface area contributed by atoms with E-state index in [1.165, 1.54) is 0 Å². The minimum atomic E-state index is -0.401. The second-order valence-electron chi connectivity index (χ2n) is 5.40. The molecule has 0 fully saturated rings. The molecule has 0 radical (unpaired) electrons. The van der Waals surface area contributed by atoms with E-state index < -0.39 is 6.10 Å². The van der Waals surface area contributed by atoms with Crippen LogP contribution in [0.1, 0.15) is 58.6 Å². The van der Waals surface area contributed by atoms with Crippen molar-refractivity contribution in [2.75, 3.05) is 6.61 Å². The predicted molar refractivity (Wildman–Crippen MR) is 80.4 cm³/mol. The molecule has 0 saturated heterocycles. The van der Waals surface area contributed by atoms with Gasteiger partial charge >= 0.3 is 0 Å². The molecule has 19 heavy (non-hydrogen) atoms. The van der Waals surface area contributed by atoms with Gasteiger partial charge in [-0.15, -0.1) is 0 Å². The van der Waals surface area contributed by atoms with Crippen molar-refractivity contribution >= 4 is 0 Å². The third-order valence-corrected chi connectivity index (χ3v) is 4.02. The Balaban J connectivity index is 2.66. The van der Waals surface area contributed by atoms with Gasteiger partial charge in [-0.25, -0.2) is 0 Å². The number of benzene rings is 1. The average Bonchev–Trinajstić information content (AvgIpc) is 2.47. The van der Waals surface area contributed by atoms with E-state index in [9.17, 15) is 5.11 Å². The van der Waals surface area contributed by atoms with Gasteiger partial charge in [0, 0.05) is 0 Å². The van der Waals surface area contributed by atoms with Gasteiger partial charge in [0.2, 0.25) is 0 Å². The summed E-state index contributed by atoms with van der Waals surface area (Å²) < 4.78 is 5.84. The monoisotopic (exact) mass is 264 g/mol. The fourth-order valence-corrected chi connectivity index (χ4v) is 2.08. The molecular formula is C17H28O2. The molecule has 1 aromatic carbocycles. The van der Waals surface area contributed by atoms with Crippen LogP contribution in [-0.4, -0.2) is 11.7 Å². The lowest BCUT2D eigenvalue weighted by atomic mass is 9.95. The minimum Gasteiger partial charge on any atom is -0.493 e. The van der Waals surface area contributed by atoms with Crippen LogP contribution in [0.25, 0.3) is 0 Å². The predicted octanol–water partition coefficient (Wildman–Crippen LogP) is 4.58. The van der Waals surface area contributed by atoms with Gasteiger partial charge < -0.3 is 9.84 Å². The molecule has 2 nitrogen and oxygen atoms in total. The fraction of sp³-hybridized carbons (Fsp3) is 0.647. The number of rotatable bonds is 8. The summed E-state index contributed by atoms with van der Waals surface area (Å²) in [5, 5.41) is 10.2. The van der Waals surface area contributed by atoms with Crippen molar-refractivity contribution in [3.63, 3.8) is 0 Å². The first-order valence-electron chi connectivity index (χ1n) is 7.53. The van der Waals surface area contributed by atoms with E-state index in [0.717, 1.165) is 37.2 Å². The van der Waals surface area contributed by atoms with Crippen LogP contribution in [0.4, 0.5) is 0 Å². The molecule has 0 bridgehead atoms. The lowest BCUT2D eigenvalue weighted by molar-refractivity contribution is 0.115. The molecule has 0 aliphatic rings. The smallest absolute Gasteiger partial charge is 0.119 e. The summed E-state index contributed by atoms with van der Waals surface area (Å²) in [4.78, 5) is 0. The van der Waals surface area contributed by atoms with E-state index in [-0.39, 0.29) is 5.92 Å². The number of ether oxygens (including phenoxy) is 1. The molecule has 1 aromatic rings. The lowest BCUT2D eigenvalue weighted by Crippen LogP contribution is -2.11. The highest BCUT2D eigenvalue weighted by Crippen LogP contribution is 2.27. The zero-order valence-corrected chi connectivity index (χ0v) is 12.7. The number of hydrogen-bond donors (Lipinski definition) is 1. The van der Waals surface area contributed by atoms with Gasteiger partial charge in [0.25, 0.3) is 0 Å². The van der Waals surface area contributed by atoms with Crippen LogP contribution in [0, 0.1) is 11.8 Å². The quantitative estimate of drug-likeness (QED) is 0.744. The highest BCUT2D eigenvalue weighted by atomic mass is 16.5. The van der Waals surface area contributed by atoms with Gasteiger partial charge in [0.1, 0.15) is 5.75 Å². The van der Waals surface area contributed by atoms with E-state index >= 15 is 0 Å². The highest BCUT2D eigenvalue weighted by Gasteiger charge is 2.15. The maximum absolute atomic E-state index is 10.2. The van der Waals surface area contributed by atoms with Crippen LogP contribution in [0.15, 0.2) is 24.3 Å². The molecule has 2 heteroatoms. The van der Waals surface area contributed by atoms with Crippen molar-refractivity contribution in [2.24, 2.45) is 11.8 Å². The summed E-state index contributed by atoms with van der Waals surface area (Å²) in [6.07, 6.45) is 2.86. The summed E-state index contributed by atoms with van der Waals surface area (Å²) >= 11 is 0. The summed E-state index contributed by atoms with van der Waals surface area (Å²) in [5.41, 5.74) is 0.955. The second kappa shape index (κ2) is 8.21. The van der Waals surface area contributed by atoms with E-state index in [0.29, 0.717) is 5.92 Å². The largest absolute Gasteiger partial charge is 0.493 e. The van der Waals surface area contributed by atoms with Gasteiger partial charge in [-0.2, -0.15) is 0 Å². The first-order valence-corrected chi connectivity index (χ1v) is 7.53. The molecule has 0 aliphatic heterocycles. The van der Waals surface area contributed by atoms with Crippen LogP contribution in [0.2, 0.25) is 0 Å². The van der Waals surface area contributed by atoms with Crippen molar-refractivity contribution in [1.29, 1.82) is 0 Å². The lowest BCUT2D eigenvalue weighted by Gasteiger charge is -2.19. The molecule has 2 atom stereocenters. The summed E-state index contributed by atoms with van der Waals surface area (Å²) in [5.74, 6) is 1.75. The van der Waals surface area contributed by atoms with Crippen molar-refractivity contribution < 1.29 is 9.84 Å². The molecular weight excluding hydrogens is 236 g/mol. The molecule has 0 aromatic heterocycles. The van der Waals surface area contributed by atoms with E-state index in [1.807, 2.05) is 24.3 Å². The van der Waals surface area contributed by atoms with E-state index in [4.69, 9.17) is 4.74 Å². The molecule has 0 amide bonds. The standard InChI is InChI=1S/C17H28O2/c1-5-13(4)17(18)15-9-8-10-16(11-15)19-12-14(6-2)7-3/h8-11,13-14,17-18H,5-7,12H2,1-4H3/t13-,17-/m1/s1. The van der Waals surface area contributed by atoms with Crippen LogP contribution in [-0.2, 0) is 0 Å². The van der Waals surface area contributed by atoms with Gasteiger partial charge in [0.15, 0.2) is 0 Å². The van der Waals surface area contributed by atoms with E-state index in [2.05, 4.69) is 27.7 Å². The Morgan fingerprint density at radius 2 is 1.79 bits per heavy atom. The molecule has 1 rings (SSSR count). The summed E-state index contributed by atoms with van der Waals surface area (Å²) in [6, 6.07) is 7.87. The third kappa shape index (κ3) is 4.87. The van der Waals surface area contributed by atoms with Crippen molar-refractivity contribution in [3.8, 4) is 5.75 Å². The SMILES string of the molecule is CCC(CC)COc1cccc([C@H](O)[C@H](C)CC)c1. The Kier molecular flexibility index (Phi) is 6.93. The zero-order valence-electron chi connectivity index (χ0n) is 12.7. The van der Waals surface area contributed by atoms with Gasteiger partial charge in [-0.1, -0.05) is 59.1 Å². The Morgan fingerprint density at radius 1 is 1.11 bits per heavy atom. The first kappa shape index (κ1) is 16.0. The van der Waals surface area contributed by atoms with Crippen molar-refractivity contribution in [2.45, 2.75) is 53.1 Å². The third-order valence-electron chi connectivity index (χ3n) is 4.02. The number of hydrogen-bond acceptors (Lipinski definition) is 2. The highest BCUT2D eigenvalue weighted by molar-refractivity contribution is 5.30. The number of aliphatic hydroxyl groups excluding tert-OH is 1. The van der Waals surface area contributed by atoms with Crippen LogP contribution in [0.5, 0.6) is 5.75 Å². The van der Waals surface area contributed by atoms with E-state index in [1.54, 1.807) is 0 Å². The molecule has 0 aliphatic carbocycles. The van der Waals surface area contributed by atoms with Crippen LogP contribution in [0.3, 0.4) is 0 Å². The van der Waals surface area contributed by atoms with Crippen molar-refractivity contribution in [3.05, 3.63) is 29.8 Å². The number of aliphatic hydroxyl groups is 1. The normalized spacial score (nSPS) is 14.4. The summed E-state index contributed by atoms with van der Waals surface area (Å²) in [6.45, 7) is 9.32. The molecule has 0 unspecified atom stereocenters. The maximum Gasteiger partial charge on any atom is 0.119 e. The maximum atomic E-state index is 10.2. The Hall–Kier alpha value is -1.02. The van der Waals surface area contributed by atoms with Gasteiger partial charge in [0.05, 0.1) is 12.7 Å². The van der Waals surface area contributed by atoms with Crippen LogP contribution < -0.4 is 4.74 Å². The zero-order chi connectivity index (χ0) is 14.3. The molecule has 108 valence electrons. The topological polar surface area (TPSA) is 29.5 Å². The summed E-state index contributed by atoms with van der Waals surface area (Å²) in [7, 11) is 0. The van der Waals surface area contributed by atoms with Gasteiger partial charge in [-0.05, 0) is 29.5 Å². The minimum absolute atomic E-state index is 0.272. The Bertz CT molecular complexity index is 358.